The van der Waals surface area contributed by atoms with Crippen LogP contribution in [0.25, 0.3) is 11.4 Å². The van der Waals surface area contributed by atoms with Crippen molar-refractivity contribution >= 4 is 23.2 Å². The molecule has 0 atom stereocenters. The normalized spacial score (nSPS) is 10.7. The molecule has 0 spiro atoms. The van der Waals surface area contributed by atoms with Crippen molar-refractivity contribution in [2.45, 2.75) is 26.7 Å². The number of aromatic nitrogens is 2. The lowest BCUT2D eigenvalue weighted by Gasteiger charge is -2.08. The minimum atomic E-state index is -0.0931. The van der Waals surface area contributed by atoms with E-state index in [1.165, 1.54) is 0 Å². The third-order valence-corrected chi connectivity index (χ3v) is 4.13. The highest BCUT2D eigenvalue weighted by Crippen LogP contribution is 2.25. The molecule has 1 heterocycles. The number of rotatable bonds is 5. The highest BCUT2D eigenvalue weighted by atomic mass is 35.5. The topological polar surface area (TPSA) is 68.0 Å². The van der Waals surface area contributed by atoms with E-state index in [2.05, 4.69) is 15.5 Å². The molecule has 3 rings (SSSR count). The van der Waals surface area contributed by atoms with Crippen molar-refractivity contribution in [3.63, 3.8) is 0 Å². The highest BCUT2D eigenvalue weighted by molar-refractivity contribution is 6.33. The molecule has 0 aliphatic carbocycles. The Morgan fingerprint density at radius 1 is 1.20 bits per heavy atom. The van der Waals surface area contributed by atoms with Gasteiger partial charge in [0.1, 0.15) is 0 Å². The summed E-state index contributed by atoms with van der Waals surface area (Å²) in [6.07, 6.45) is 0.631. The van der Waals surface area contributed by atoms with Crippen LogP contribution in [0.15, 0.2) is 47.0 Å². The number of hydrogen-bond acceptors (Lipinski definition) is 4. The number of anilines is 1. The Morgan fingerprint density at radius 2 is 2.00 bits per heavy atom. The Kier molecular flexibility index (Phi) is 5.14. The van der Waals surface area contributed by atoms with Crippen LogP contribution in [0, 0.1) is 13.8 Å². The van der Waals surface area contributed by atoms with Gasteiger partial charge in [-0.05, 0) is 37.6 Å². The van der Waals surface area contributed by atoms with Crippen molar-refractivity contribution in [2.24, 2.45) is 0 Å². The maximum atomic E-state index is 12.1. The summed E-state index contributed by atoms with van der Waals surface area (Å²) in [7, 11) is 0. The monoisotopic (exact) mass is 355 g/mol. The summed E-state index contributed by atoms with van der Waals surface area (Å²) in [5.41, 5.74) is 3.72. The first-order chi connectivity index (χ1) is 12.0. The lowest BCUT2D eigenvalue weighted by Crippen LogP contribution is -2.13. The Bertz CT molecular complexity index is 905. The van der Waals surface area contributed by atoms with Gasteiger partial charge in [0.15, 0.2) is 0 Å². The fraction of sp³-hybridized carbons (Fsp3) is 0.211. The van der Waals surface area contributed by atoms with Crippen molar-refractivity contribution < 1.29 is 9.32 Å². The average Bonchev–Trinajstić information content (AvgIpc) is 3.05. The number of nitrogens with zero attached hydrogens (tertiary/aromatic N) is 2. The van der Waals surface area contributed by atoms with Crippen LogP contribution in [0.4, 0.5) is 5.69 Å². The quantitative estimate of drug-likeness (QED) is 0.727. The van der Waals surface area contributed by atoms with Gasteiger partial charge in [-0.3, -0.25) is 4.79 Å². The predicted molar refractivity (Wildman–Crippen MR) is 97.6 cm³/mol. The van der Waals surface area contributed by atoms with Crippen molar-refractivity contribution in [1.82, 2.24) is 10.1 Å². The zero-order chi connectivity index (χ0) is 17.8. The van der Waals surface area contributed by atoms with Crippen LogP contribution >= 0.6 is 11.6 Å². The van der Waals surface area contributed by atoms with Gasteiger partial charge in [-0.2, -0.15) is 4.98 Å². The first-order valence-corrected chi connectivity index (χ1v) is 8.35. The van der Waals surface area contributed by atoms with E-state index < -0.39 is 0 Å². The standard InChI is InChI=1S/C19H18ClN3O2/c1-12-7-8-16(13(2)11-12)21-17(24)9-10-18-22-19(23-25-18)14-5-3-4-6-15(14)20/h3-8,11H,9-10H2,1-2H3,(H,21,24). The van der Waals surface area contributed by atoms with Crippen LogP contribution in [0.2, 0.25) is 5.02 Å². The molecule has 2 aromatic carbocycles. The van der Waals surface area contributed by atoms with Gasteiger partial charge in [-0.15, -0.1) is 0 Å². The number of benzene rings is 2. The Balaban J connectivity index is 1.60. The number of carbonyl (C=O) groups is 1. The summed E-state index contributed by atoms with van der Waals surface area (Å²) < 4.78 is 5.21. The van der Waals surface area contributed by atoms with Crippen LogP contribution in [0.3, 0.4) is 0 Å². The number of amides is 1. The molecule has 0 unspecified atom stereocenters. The summed E-state index contributed by atoms with van der Waals surface area (Å²) in [5.74, 6) is 0.741. The first-order valence-electron chi connectivity index (χ1n) is 7.97. The molecule has 25 heavy (non-hydrogen) atoms. The van der Waals surface area contributed by atoms with Crippen LogP contribution in [-0.4, -0.2) is 16.0 Å². The van der Waals surface area contributed by atoms with Gasteiger partial charge in [0.25, 0.3) is 0 Å². The van der Waals surface area contributed by atoms with Gasteiger partial charge in [-0.1, -0.05) is 46.6 Å². The molecule has 0 radical (unpaired) electrons. The molecule has 1 N–H and O–H groups in total. The molecule has 5 nitrogen and oxygen atoms in total. The van der Waals surface area contributed by atoms with E-state index in [1.807, 2.05) is 50.2 Å². The van der Waals surface area contributed by atoms with E-state index in [-0.39, 0.29) is 12.3 Å². The van der Waals surface area contributed by atoms with Gasteiger partial charge in [0, 0.05) is 24.1 Å². The summed E-state index contributed by atoms with van der Waals surface area (Å²) in [6.45, 7) is 3.99. The van der Waals surface area contributed by atoms with Crippen LogP contribution in [0.1, 0.15) is 23.4 Å². The Morgan fingerprint density at radius 3 is 2.76 bits per heavy atom. The molecule has 0 saturated heterocycles. The summed E-state index contributed by atoms with van der Waals surface area (Å²) >= 11 is 6.13. The van der Waals surface area contributed by atoms with Crippen LogP contribution in [-0.2, 0) is 11.2 Å². The predicted octanol–water partition coefficient (Wildman–Crippen LogP) is 4.58. The Labute approximate surface area is 151 Å². The highest BCUT2D eigenvalue weighted by Gasteiger charge is 2.13. The summed E-state index contributed by atoms with van der Waals surface area (Å²) in [5, 5.41) is 7.39. The van der Waals surface area contributed by atoms with Crippen molar-refractivity contribution in [1.29, 1.82) is 0 Å². The number of aryl methyl sites for hydroxylation is 3. The fourth-order valence-corrected chi connectivity index (χ4v) is 2.72. The van der Waals surface area contributed by atoms with E-state index in [1.54, 1.807) is 6.07 Å². The lowest BCUT2D eigenvalue weighted by atomic mass is 10.1. The maximum absolute atomic E-state index is 12.1. The van der Waals surface area contributed by atoms with Gasteiger partial charge in [0.2, 0.25) is 17.6 Å². The zero-order valence-corrected chi connectivity index (χ0v) is 14.8. The van der Waals surface area contributed by atoms with E-state index in [4.69, 9.17) is 16.1 Å². The van der Waals surface area contributed by atoms with Gasteiger partial charge >= 0.3 is 0 Å². The lowest BCUT2D eigenvalue weighted by molar-refractivity contribution is -0.116. The molecule has 0 bridgehead atoms. The molecule has 0 aliphatic rings. The van der Waals surface area contributed by atoms with Crippen molar-refractivity contribution in [3.05, 3.63) is 64.5 Å². The van der Waals surface area contributed by atoms with E-state index in [0.29, 0.717) is 28.7 Å². The van der Waals surface area contributed by atoms with E-state index in [9.17, 15) is 4.79 Å². The molecule has 0 fully saturated rings. The number of carbonyl (C=O) groups excluding carboxylic acids is 1. The second-order valence-electron chi connectivity index (χ2n) is 5.86. The van der Waals surface area contributed by atoms with Gasteiger partial charge in [-0.25, -0.2) is 0 Å². The third-order valence-electron chi connectivity index (χ3n) is 3.80. The molecular weight excluding hydrogens is 338 g/mol. The molecule has 6 heteroatoms. The van der Waals surface area contributed by atoms with Gasteiger partial charge in [0.05, 0.1) is 5.02 Å². The molecule has 1 amide bonds. The molecule has 0 aliphatic heterocycles. The second-order valence-corrected chi connectivity index (χ2v) is 6.27. The number of halogens is 1. The maximum Gasteiger partial charge on any atom is 0.227 e. The smallest absolute Gasteiger partial charge is 0.227 e. The van der Waals surface area contributed by atoms with Crippen LogP contribution < -0.4 is 5.32 Å². The van der Waals surface area contributed by atoms with Gasteiger partial charge < -0.3 is 9.84 Å². The largest absolute Gasteiger partial charge is 0.339 e. The van der Waals surface area contributed by atoms with E-state index >= 15 is 0 Å². The molecular formula is C19H18ClN3O2. The third kappa shape index (κ3) is 4.25. The minimum absolute atomic E-state index is 0.0931. The minimum Gasteiger partial charge on any atom is -0.339 e. The fourth-order valence-electron chi connectivity index (χ4n) is 2.50. The average molecular weight is 356 g/mol. The number of hydrogen-bond donors (Lipinski definition) is 1. The summed E-state index contributed by atoms with van der Waals surface area (Å²) in [6, 6.07) is 13.2. The second kappa shape index (κ2) is 7.49. The zero-order valence-electron chi connectivity index (χ0n) is 14.0. The SMILES string of the molecule is Cc1ccc(NC(=O)CCc2nc(-c3ccccc3Cl)no2)c(C)c1. The Hall–Kier alpha value is -2.66. The molecule has 1 aromatic heterocycles. The molecule has 0 saturated carbocycles. The molecule has 3 aromatic rings. The number of nitrogens with one attached hydrogen (secondary N) is 1. The van der Waals surface area contributed by atoms with E-state index in [0.717, 1.165) is 16.8 Å². The first kappa shape index (κ1) is 17.2. The summed E-state index contributed by atoms with van der Waals surface area (Å²) in [4.78, 5) is 16.4. The van der Waals surface area contributed by atoms with Crippen molar-refractivity contribution in [3.8, 4) is 11.4 Å². The molecule has 128 valence electrons. The van der Waals surface area contributed by atoms with Crippen LogP contribution in [0.5, 0.6) is 0 Å². The van der Waals surface area contributed by atoms with Crippen molar-refractivity contribution in [2.75, 3.05) is 5.32 Å².